The second-order valence-corrected chi connectivity index (χ2v) is 11.1. The highest BCUT2D eigenvalue weighted by Gasteiger charge is 2.29. The van der Waals surface area contributed by atoms with Crippen LogP contribution in [0.1, 0.15) is 31.2 Å². The van der Waals surface area contributed by atoms with Gasteiger partial charge in [0.2, 0.25) is 15.9 Å². The maximum Gasteiger partial charge on any atom is 0.243 e. The van der Waals surface area contributed by atoms with Crippen LogP contribution >= 0.6 is 0 Å². The molecule has 0 bridgehead atoms. The van der Waals surface area contributed by atoms with Gasteiger partial charge in [-0.25, -0.2) is 16.8 Å². The first-order valence-corrected chi connectivity index (χ1v) is 12.1. The number of nitrogens with zero attached hydrogens (tertiary/aromatic N) is 1. The molecule has 2 aliphatic heterocycles. The molecule has 2 fully saturated rings. The van der Waals surface area contributed by atoms with Crippen molar-refractivity contribution in [2.24, 2.45) is 0 Å². The summed E-state index contributed by atoms with van der Waals surface area (Å²) in [6, 6.07) is 6.02. The number of hydrogen-bond acceptors (Lipinski definition) is 5. The molecule has 0 aromatic heterocycles. The number of benzene rings is 1. The Hall–Kier alpha value is -1.45. The molecule has 1 unspecified atom stereocenters. The Balaban J connectivity index is 1.60. The van der Waals surface area contributed by atoms with Gasteiger partial charge in [-0.05, 0) is 37.0 Å². The van der Waals surface area contributed by atoms with Crippen molar-refractivity contribution in [2.75, 3.05) is 24.6 Å². The van der Waals surface area contributed by atoms with E-state index in [9.17, 15) is 21.6 Å². The van der Waals surface area contributed by atoms with Crippen molar-refractivity contribution in [1.82, 2.24) is 9.62 Å². The van der Waals surface area contributed by atoms with Crippen LogP contribution < -0.4 is 5.32 Å². The van der Waals surface area contributed by atoms with Gasteiger partial charge in [-0.15, -0.1) is 0 Å². The molecule has 2 aliphatic rings. The number of piperidine rings is 1. The van der Waals surface area contributed by atoms with E-state index >= 15 is 0 Å². The van der Waals surface area contributed by atoms with Crippen LogP contribution in [0.3, 0.4) is 0 Å². The van der Waals surface area contributed by atoms with Gasteiger partial charge in [0, 0.05) is 19.1 Å². The van der Waals surface area contributed by atoms with E-state index < -0.39 is 19.9 Å². The Morgan fingerprint density at radius 3 is 2.35 bits per heavy atom. The zero-order valence-corrected chi connectivity index (χ0v) is 16.2. The molecule has 0 saturated carbocycles. The molecule has 1 atom stereocenters. The van der Waals surface area contributed by atoms with Crippen LogP contribution in [0.4, 0.5) is 0 Å². The van der Waals surface area contributed by atoms with Crippen LogP contribution in [-0.4, -0.2) is 57.7 Å². The van der Waals surface area contributed by atoms with E-state index in [2.05, 4.69) is 5.32 Å². The van der Waals surface area contributed by atoms with Gasteiger partial charge >= 0.3 is 0 Å². The third-order valence-corrected chi connectivity index (χ3v) is 8.52. The fourth-order valence-electron chi connectivity index (χ4n) is 3.41. The van der Waals surface area contributed by atoms with E-state index in [4.69, 9.17) is 0 Å². The quantitative estimate of drug-likeness (QED) is 0.784. The second kappa shape index (κ2) is 7.66. The van der Waals surface area contributed by atoms with Crippen LogP contribution in [-0.2, 0) is 31.1 Å². The lowest BCUT2D eigenvalue weighted by Crippen LogP contribution is -2.36. The third kappa shape index (κ3) is 4.63. The average Bonchev–Trinajstić information content (AvgIpc) is 2.94. The van der Waals surface area contributed by atoms with Gasteiger partial charge in [0.25, 0.3) is 0 Å². The molecule has 2 heterocycles. The van der Waals surface area contributed by atoms with E-state index in [1.165, 1.54) is 16.4 Å². The zero-order chi connectivity index (χ0) is 18.8. The van der Waals surface area contributed by atoms with Crippen LogP contribution in [0, 0.1) is 0 Å². The molecule has 1 amide bonds. The minimum absolute atomic E-state index is 0.00818. The minimum atomic E-state index is -3.47. The van der Waals surface area contributed by atoms with Crippen molar-refractivity contribution in [3.8, 4) is 0 Å². The van der Waals surface area contributed by atoms with Crippen LogP contribution in [0.2, 0.25) is 0 Å². The van der Waals surface area contributed by atoms with Crippen LogP contribution in [0.5, 0.6) is 0 Å². The molecule has 1 N–H and O–H groups in total. The lowest BCUT2D eigenvalue weighted by Gasteiger charge is -2.25. The largest absolute Gasteiger partial charge is 0.352 e. The molecule has 2 saturated heterocycles. The highest BCUT2D eigenvalue weighted by molar-refractivity contribution is 7.91. The number of carbonyl (C=O) groups excluding carboxylic acids is 1. The van der Waals surface area contributed by atoms with Crippen molar-refractivity contribution >= 4 is 25.8 Å². The summed E-state index contributed by atoms with van der Waals surface area (Å²) in [6.45, 7) is 1.10. The monoisotopic (exact) mass is 400 g/mol. The summed E-state index contributed by atoms with van der Waals surface area (Å²) in [5.41, 5.74) is 0.695. The van der Waals surface area contributed by atoms with E-state index in [1.807, 2.05) is 0 Å². The highest BCUT2D eigenvalue weighted by atomic mass is 32.2. The number of sulfone groups is 1. The zero-order valence-electron chi connectivity index (χ0n) is 14.6. The SMILES string of the molecule is O=C(Cc1ccc(S(=O)(=O)N2CCCCC2)cc1)NC1CCS(=O)(=O)C1. The average molecular weight is 401 g/mol. The standard InChI is InChI=1S/C17H24N2O5S2/c20-17(18-15-8-11-25(21,22)13-15)12-14-4-6-16(7-5-14)26(23,24)19-9-2-1-3-10-19/h4-7,15H,1-3,8-13H2,(H,18,20). The third-order valence-electron chi connectivity index (χ3n) is 4.84. The molecule has 1 aromatic carbocycles. The highest BCUT2D eigenvalue weighted by Crippen LogP contribution is 2.21. The molecule has 3 rings (SSSR count). The van der Waals surface area contributed by atoms with Gasteiger partial charge in [0.05, 0.1) is 22.8 Å². The van der Waals surface area contributed by atoms with Gasteiger partial charge in [-0.3, -0.25) is 4.79 Å². The van der Waals surface area contributed by atoms with Crippen molar-refractivity contribution in [3.63, 3.8) is 0 Å². The van der Waals surface area contributed by atoms with E-state index in [-0.39, 0.29) is 34.8 Å². The van der Waals surface area contributed by atoms with Crippen LogP contribution in [0.25, 0.3) is 0 Å². The predicted molar refractivity (Wildman–Crippen MR) is 98.0 cm³/mol. The molecule has 26 heavy (non-hydrogen) atoms. The summed E-state index contributed by atoms with van der Waals surface area (Å²) in [5, 5.41) is 2.73. The van der Waals surface area contributed by atoms with E-state index in [0.717, 1.165) is 19.3 Å². The fourth-order valence-corrected chi connectivity index (χ4v) is 6.60. The molecule has 0 radical (unpaired) electrons. The Kier molecular flexibility index (Phi) is 5.69. The van der Waals surface area contributed by atoms with Gasteiger partial charge < -0.3 is 5.32 Å². The number of amides is 1. The molecule has 144 valence electrons. The first-order valence-electron chi connectivity index (χ1n) is 8.85. The van der Waals surface area contributed by atoms with Gasteiger partial charge in [-0.2, -0.15) is 4.31 Å². The summed E-state index contributed by atoms with van der Waals surface area (Å²) in [6.07, 6.45) is 3.37. The van der Waals surface area contributed by atoms with Crippen molar-refractivity contribution in [3.05, 3.63) is 29.8 Å². The number of sulfonamides is 1. The summed E-state index contributed by atoms with van der Waals surface area (Å²) in [7, 11) is -6.51. The Morgan fingerprint density at radius 2 is 1.77 bits per heavy atom. The predicted octanol–water partition coefficient (Wildman–Crippen LogP) is 0.707. The lowest BCUT2D eigenvalue weighted by molar-refractivity contribution is -0.121. The smallest absolute Gasteiger partial charge is 0.243 e. The van der Waals surface area contributed by atoms with Gasteiger partial charge in [0.15, 0.2) is 9.84 Å². The summed E-state index contributed by atoms with van der Waals surface area (Å²) < 4.78 is 49.6. The maximum atomic E-state index is 12.6. The number of carbonyl (C=O) groups is 1. The number of nitrogens with one attached hydrogen (secondary N) is 1. The maximum absolute atomic E-state index is 12.6. The number of rotatable bonds is 5. The Labute approximate surface area is 154 Å². The normalized spacial score (nSPS) is 23.6. The van der Waals surface area contributed by atoms with Crippen molar-refractivity contribution in [1.29, 1.82) is 0 Å². The summed E-state index contributed by atoms with van der Waals surface area (Å²) >= 11 is 0. The molecular formula is C17H24N2O5S2. The first-order chi connectivity index (χ1) is 12.3. The molecule has 9 heteroatoms. The summed E-state index contributed by atoms with van der Waals surface area (Å²) in [4.78, 5) is 12.3. The molecule has 7 nitrogen and oxygen atoms in total. The second-order valence-electron chi connectivity index (χ2n) is 6.95. The minimum Gasteiger partial charge on any atom is -0.352 e. The molecule has 1 aromatic rings. The first kappa shape index (κ1) is 19.3. The number of hydrogen-bond donors (Lipinski definition) is 1. The lowest BCUT2D eigenvalue weighted by atomic mass is 10.1. The van der Waals surface area contributed by atoms with Crippen molar-refractivity contribution in [2.45, 2.75) is 43.0 Å². The Morgan fingerprint density at radius 1 is 1.12 bits per heavy atom. The topological polar surface area (TPSA) is 101 Å². The van der Waals surface area contributed by atoms with E-state index in [0.29, 0.717) is 25.1 Å². The van der Waals surface area contributed by atoms with E-state index in [1.54, 1.807) is 12.1 Å². The fraction of sp³-hybridized carbons (Fsp3) is 0.588. The molecule has 0 spiro atoms. The van der Waals surface area contributed by atoms with Crippen LogP contribution in [0.15, 0.2) is 29.2 Å². The molecular weight excluding hydrogens is 376 g/mol. The van der Waals surface area contributed by atoms with Gasteiger partial charge in [0.1, 0.15) is 0 Å². The van der Waals surface area contributed by atoms with Gasteiger partial charge in [-0.1, -0.05) is 18.6 Å². The molecule has 0 aliphatic carbocycles. The summed E-state index contributed by atoms with van der Waals surface area (Å²) in [5.74, 6) is -0.147. The Bertz CT molecular complexity index is 857. The van der Waals surface area contributed by atoms with Crippen molar-refractivity contribution < 1.29 is 21.6 Å².